The van der Waals surface area contributed by atoms with Crippen LogP contribution in [0.25, 0.3) is 6.08 Å². The number of nitrogens with zero attached hydrogens (tertiary/aromatic N) is 1. The molecule has 0 radical (unpaired) electrons. The molecule has 34 heavy (non-hydrogen) atoms. The van der Waals surface area contributed by atoms with E-state index in [1.54, 1.807) is 0 Å². The Morgan fingerprint density at radius 1 is 0.824 bits per heavy atom. The summed E-state index contributed by atoms with van der Waals surface area (Å²) in [5.41, 5.74) is 14.6. The number of hydrogen-bond acceptors (Lipinski definition) is 2. The summed E-state index contributed by atoms with van der Waals surface area (Å²) in [7, 11) is 0. The molecule has 1 aliphatic rings. The van der Waals surface area contributed by atoms with E-state index in [9.17, 15) is 9.90 Å². The van der Waals surface area contributed by atoms with Gasteiger partial charge in [-0.25, -0.2) is 4.79 Å². The summed E-state index contributed by atoms with van der Waals surface area (Å²) in [6.07, 6.45) is 3.60. The molecule has 0 saturated heterocycles. The molecule has 0 spiro atoms. The van der Waals surface area contributed by atoms with Crippen LogP contribution in [0.3, 0.4) is 0 Å². The molecule has 176 valence electrons. The van der Waals surface area contributed by atoms with E-state index in [-0.39, 0.29) is 5.69 Å². The molecule has 5 nitrogen and oxygen atoms in total. The summed E-state index contributed by atoms with van der Waals surface area (Å²) in [4.78, 5) is 23.2. The standard InChI is InChI=1S/C29H33N3O2/c1-15-8-10-22(11-9-15)12-23-16(2)17(3)24(30-23)13-25-18(4)19(5)26(31-25)14-27-20(6)21(7)28(32-27)29(33)34/h8-11,13,30,32H,12,14H2,1-7H3,(H,33,34)/b25-13-. The number of aromatic amines is 2. The molecular weight excluding hydrogens is 422 g/mol. The summed E-state index contributed by atoms with van der Waals surface area (Å²) in [5, 5.41) is 9.44. The third-order valence-electron chi connectivity index (χ3n) is 7.35. The van der Waals surface area contributed by atoms with Crippen molar-refractivity contribution in [3.05, 3.63) is 97.3 Å². The van der Waals surface area contributed by atoms with Gasteiger partial charge >= 0.3 is 5.97 Å². The molecule has 4 rings (SSSR count). The number of carboxylic acids is 1. The SMILES string of the molecule is CC1=C(C)/C(=C/c2[nH]c(Cc3ccc(C)cc3)c(C)c2C)N=C1Cc1[nH]c(C(=O)O)c(C)c1C. The topological polar surface area (TPSA) is 81.2 Å². The van der Waals surface area contributed by atoms with Gasteiger partial charge in [0.15, 0.2) is 0 Å². The van der Waals surface area contributed by atoms with E-state index in [2.05, 4.69) is 74.9 Å². The molecule has 0 saturated carbocycles. The lowest BCUT2D eigenvalue weighted by molar-refractivity contribution is 0.0690. The Morgan fingerprint density at radius 2 is 1.44 bits per heavy atom. The molecule has 5 heteroatoms. The van der Waals surface area contributed by atoms with Gasteiger partial charge in [0.05, 0.1) is 11.4 Å². The summed E-state index contributed by atoms with van der Waals surface area (Å²) < 4.78 is 0. The van der Waals surface area contributed by atoms with E-state index < -0.39 is 5.97 Å². The Labute approximate surface area is 201 Å². The van der Waals surface area contributed by atoms with Gasteiger partial charge in [-0.2, -0.15) is 0 Å². The van der Waals surface area contributed by atoms with Crippen LogP contribution >= 0.6 is 0 Å². The van der Waals surface area contributed by atoms with E-state index in [1.807, 2.05) is 13.8 Å². The van der Waals surface area contributed by atoms with Gasteiger partial charge in [-0.15, -0.1) is 0 Å². The van der Waals surface area contributed by atoms with E-state index in [0.717, 1.165) is 51.5 Å². The van der Waals surface area contributed by atoms with Gasteiger partial charge in [0.1, 0.15) is 5.69 Å². The predicted molar refractivity (Wildman–Crippen MR) is 139 cm³/mol. The highest BCUT2D eigenvalue weighted by Gasteiger charge is 2.22. The van der Waals surface area contributed by atoms with Gasteiger partial charge in [-0.1, -0.05) is 29.8 Å². The second-order valence-corrected chi connectivity index (χ2v) is 9.48. The normalized spacial score (nSPS) is 14.9. The smallest absolute Gasteiger partial charge is 0.352 e. The first-order valence-corrected chi connectivity index (χ1v) is 11.7. The molecule has 0 unspecified atom stereocenters. The maximum absolute atomic E-state index is 11.5. The van der Waals surface area contributed by atoms with Crippen molar-refractivity contribution in [2.75, 3.05) is 0 Å². The van der Waals surface area contributed by atoms with Crippen molar-refractivity contribution in [3.8, 4) is 0 Å². The van der Waals surface area contributed by atoms with Crippen LogP contribution in [-0.2, 0) is 12.8 Å². The van der Waals surface area contributed by atoms with Gasteiger partial charge in [-0.05, 0) is 93.5 Å². The van der Waals surface area contributed by atoms with E-state index in [1.165, 1.54) is 27.9 Å². The molecule has 3 heterocycles. The molecule has 0 atom stereocenters. The number of carbonyl (C=O) groups is 1. The molecule has 0 fully saturated rings. The highest BCUT2D eigenvalue weighted by Crippen LogP contribution is 2.31. The summed E-state index contributed by atoms with van der Waals surface area (Å²) in [6.45, 7) is 14.4. The van der Waals surface area contributed by atoms with E-state index >= 15 is 0 Å². The fourth-order valence-electron chi connectivity index (χ4n) is 4.49. The number of aromatic nitrogens is 2. The number of benzene rings is 1. The van der Waals surface area contributed by atoms with Gasteiger partial charge < -0.3 is 15.1 Å². The monoisotopic (exact) mass is 455 g/mol. The highest BCUT2D eigenvalue weighted by atomic mass is 16.4. The number of aromatic carboxylic acids is 1. The Morgan fingerprint density at radius 3 is 2.06 bits per heavy atom. The molecule has 2 aromatic heterocycles. The number of aliphatic imine (C=N–C) groups is 1. The van der Waals surface area contributed by atoms with Crippen LogP contribution in [0.5, 0.6) is 0 Å². The minimum atomic E-state index is -0.928. The zero-order valence-electron chi connectivity index (χ0n) is 21.1. The molecule has 1 aromatic carbocycles. The van der Waals surface area contributed by atoms with Crippen LogP contribution in [0.15, 0.2) is 46.1 Å². The third-order valence-corrected chi connectivity index (χ3v) is 7.35. The van der Waals surface area contributed by atoms with Gasteiger partial charge in [0.2, 0.25) is 0 Å². The summed E-state index contributed by atoms with van der Waals surface area (Å²) in [5.74, 6) is -0.928. The minimum Gasteiger partial charge on any atom is -0.477 e. The molecular formula is C29H33N3O2. The molecule has 3 N–H and O–H groups in total. The average molecular weight is 456 g/mol. The number of H-pyrrole nitrogens is 2. The maximum Gasteiger partial charge on any atom is 0.352 e. The number of nitrogens with one attached hydrogen (secondary N) is 2. The zero-order valence-corrected chi connectivity index (χ0v) is 21.1. The lowest BCUT2D eigenvalue weighted by Crippen LogP contribution is -2.05. The number of allylic oxidation sites excluding steroid dienone is 2. The zero-order chi connectivity index (χ0) is 24.7. The fourth-order valence-corrected chi connectivity index (χ4v) is 4.49. The molecule has 0 bridgehead atoms. The molecule has 0 amide bonds. The van der Waals surface area contributed by atoms with Crippen molar-refractivity contribution >= 4 is 17.8 Å². The van der Waals surface area contributed by atoms with Crippen molar-refractivity contribution in [2.45, 2.75) is 61.3 Å². The van der Waals surface area contributed by atoms with Crippen LogP contribution in [0.4, 0.5) is 0 Å². The second kappa shape index (κ2) is 8.98. The van der Waals surface area contributed by atoms with Gasteiger partial charge in [0, 0.05) is 29.9 Å². The molecule has 3 aromatic rings. The van der Waals surface area contributed by atoms with Gasteiger partial charge in [0.25, 0.3) is 0 Å². The van der Waals surface area contributed by atoms with Crippen LogP contribution in [-0.4, -0.2) is 26.8 Å². The van der Waals surface area contributed by atoms with Crippen LogP contribution in [0.1, 0.15) is 74.8 Å². The van der Waals surface area contributed by atoms with Crippen molar-refractivity contribution in [3.63, 3.8) is 0 Å². The Balaban J connectivity index is 1.63. The second-order valence-electron chi connectivity index (χ2n) is 9.48. The maximum atomic E-state index is 11.5. The number of rotatable bonds is 6. The third kappa shape index (κ3) is 4.30. The van der Waals surface area contributed by atoms with Crippen LogP contribution in [0.2, 0.25) is 0 Å². The first-order valence-electron chi connectivity index (χ1n) is 11.7. The quantitative estimate of drug-likeness (QED) is 0.394. The van der Waals surface area contributed by atoms with Crippen molar-refractivity contribution in [1.82, 2.24) is 9.97 Å². The number of carboxylic acid groups (broad SMARTS) is 1. The van der Waals surface area contributed by atoms with Crippen molar-refractivity contribution < 1.29 is 9.90 Å². The van der Waals surface area contributed by atoms with Crippen LogP contribution < -0.4 is 0 Å². The fraction of sp³-hybridized carbons (Fsp3) is 0.310. The summed E-state index contributed by atoms with van der Waals surface area (Å²) in [6, 6.07) is 8.68. The lowest BCUT2D eigenvalue weighted by atomic mass is 10.0. The Kier molecular flexibility index (Phi) is 6.22. The van der Waals surface area contributed by atoms with Crippen molar-refractivity contribution in [1.29, 1.82) is 0 Å². The van der Waals surface area contributed by atoms with Gasteiger partial charge in [-0.3, -0.25) is 4.99 Å². The molecule has 0 aliphatic carbocycles. The number of aryl methyl sites for hydroxylation is 1. The highest BCUT2D eigenvalue weighted by molar-refractivity contribution is 6.06. The summed E-state index contributed by atoms with van der Waals surface area (Å²) >= 11 is 0. The first kappa shape index (κ1) is 23.6. The minimum absolute atomic E-state index is 0.263. The van der Waals surface area contributed by atoms with E-state index in [4.69, 9.17) is 4.99 Å². The lowest BCUT2D eigenvalue weighted by Gasteiger charge is -2.02. The van der Waals surface area contributed by atoms with E-state index in [0.29, 0.717) is 6.42 Å². The average Bonchev–Trinajstić information content (AvgIpc) is 3.34. The molecule has 1 aliphatic heterocycles. The largest absolute Gasteiger partial charge is 0.477 e. The number of hydrogen-bond donors (Lipinski definition) is 3. The predicted octanol–water partition coefficient (Wildman–Crippen LogP) is 6.55. The Bertz CT molecular complexity index is 1380. The first-order chi connectivity index (χ1) is 16.1. The van der Waals surface area contributed by atoms with Crippen LogP contribution in [0, 0.1) is 34.6 Å². The Hall–Kier alpha value is -3.60. The van der Waals surface area contributed by atoms with Crippen molar-refractivity contribution in [2.24, 2.45) is 4.99 Å².